The number of alkyl halides is 1. The van der Waals surface area contributed by atoms with E-state index < -0.39 is 6.17 Å². The Bertz CT molecular complexity index is 962. The van der Waals surface area contributed by atoms with Gasteiger partial charge in [0.25, 0.3) is 5.91 Å². The van der Waals surface area contributed by atoms with E-state index in [1.54, 1.807) is 22.0 Å². The molecule has 0 unspecified atom stereocenters. The van der Waals surface area contributed by atoms with Gasteiger partial charge in [0.1, 0.15) is 12.0 Å². The number of halogens is 1. The summed E-state index contributed by atoms with van der Waals surface area (Å²) in [6.07, 6.45) is 8.50. The summed E-state index contributed by atoms with van der Waals surface area (Å²) < 4.78 is 15.0. The Morgan fingerprint density at radius 3 is 2.89 bits per heavy atom. The van der Waals surface area contributed by atoms with Gasteiger partial charge in [-0.3, -0.25) is 9.79 Å². The lowest BCUT2D eigenvalue weighted by atomic mass is 10.3. The van der Waals surface area contributed by atoms with Gasteiger partial charge >= 0.3 is 0 Å². The molecule has 0 saturated carbocycles. The Balaban J connectivity index is 1.54. The zero-order valence-electron chi connectivity index (χ0n) is 15.6. The second-order valence-corrected chi connectivity index (χ2v) is 6.78. The number of amides is 1. The number of anilines is 1. The maximum atomic E-state index is 13.4. The zero-order chi connectivity index (χ0) is 19.7. The van der Waals surface area contributed by atoms with Crippen LogP contribution in [0.2, 0.25) is 0 Å². The molecular weight excluding hydrogens is 359 g/mol. The minimum Gasteiger partial charge on any atom is -0.354 e. The van der Waals surface area contributed by atoms with Crippen LogP contribution in [0.1, 0.15) is 29.4 Å². The highest BCUT2D eigenvalue weighted by Gasteiger charge is 2.32. The molecule has 2 aromatic heterocycles. The van der Waals surface area contributed by atoms with Gasteiger partial charge in [0, 0.05) is 24.5 Å². The van der Waals surface area contributed by atoms with Crippen molar-refractivity contribution in [2.45, 2.75) is 26.1 Å². The van der Waals surface area contributed by atoms with Gasteiger partial charge in [-0.15, -0.1) is 0 Å². The highest BCUT2D eigenvalue weighted by atomic mass is 19.1. The number of fused-ring (bicyclic) bond motifs is 1. The number of carbonyl (C=O) groups excluding carboxylic acids is 1. The lowest BCUT2D eigenvalue weighted by Gasteiger charge is -2.17. The Kier molecular flexibility index (Phi) is 4.77. The van der Waals surface area contributed by atoms with Crippen LogP contribution in [0.15, 0.2) is 53.6 Å². The monoisotopic (exact) mass is 380 g/mol. The Morgan fingerprint density at radius 2 is 2.29 bits per heavy atom. The molecule has 7 nitrogen and oxygen atoms in total. The molecule has 0 aliphatic carbocycles. The summed E-state index contributed by atoms with van der Waals surface area (Å²) in [7, 11) is 0. The van der Waals surface area contributed by atoms with Crippen molar-refractivity contribution < 1.29 is 9.18 Å². The van der Waals surface area contributed by atoms with Gasteiger partial charge in [-0.05, 0) is 38.3 Å². The quantitative estimate of drug-likeness (QED) is 0.591. The molecule has 2 aliphatic heterocycles. The first-order chi connectivity index (χ1) is 13.6. The standard InChI is InChI=1S/C20H21FN6O/c1-3-4-16(9-22-2)26-11-14-12-27(24-19(14)20(26)28)17-5-6-18(23-10-17)25-8-7-15(21)13-25/h3-6,9-10,12,15H,2,7-8,11,13H2,1H3/b4-3-,16-9+/t15-/m1/s1. The van der Waals surface area contributed by atoms with Crippen molar-refractivity contribution >= 4 is 18.4 Å². The molecule has 0 radical (unpaired) electrons. The number of aliphatic imine (C=N–C) groups is 1. The molecule has 8 heteroatoms. The summed E-state index contributed by atoms with van der Waals surface area (Å²) in [5.41, 5.74) is 2.69. The molecule has 144 valence electrons. The Hall–Kier alpha value is -3.29. The van der Waals surface area contributed by atoms with E-state index in [1.165, 1.54) is 0 Å². The first-order valence-corrected chi connectivity index (χ1v) is 9.15. The summed E-state index contributed by atoms with van der Waals surface area (Å²) in [4.78, 5) is 24.5. The van der Waals surface area contributed by atoms with Crippen molar-refractivity contribution in [1.82, 2.24) is 19.7 Å². The number of rotatable bonds is 5. The van der Waals surface area contributed by atoms with Crippen LogP contribution in [0.5, 0.6) is 0 Å². The fourth-order valence-electron chi connectivity index (χ4n) is 3.51. The molecule has 1 fully saturated rings. The van der Waals surface area contributed by atoms with E-state index in [1.807, 2.05) is 42.3 Å². The molecule has 1 amide bonds. The fourth-order valence-corrected chi connectivity index (χ4v) is 3.51. The molecule has 0 spiro atoms. The van der Waals surface area contributed by atoms with E-state index in [-0.39, 0.29) is 5.91 Å². The maximum Gasteiger partial charge on any atom is 0.279 e. The van der Waals surface area contributed by atoms with Crippen molar-refractivity contribution in [3.63, 3.8) is 0 Å². The highest BCUT2D eigenvalue weighted by molar-refractivity contribution is 5.97. The van der Waals surface area contributed by atoms with Crippen LogP contribution < -0.4 is 4.90 Å². The third kappa shape index (κ3) is 3.21. The summed E-state index contributed by atoms with van der Waals surface area (Å²) in [6.45, 7) is 6.83. The number of nitrogens with zero attached hydrogens (tertiary/aromatic N) is 6. The predicted octanol–water partition coefficient (Wildman–Crippen LogP) is 2.89. The predicted molar refractivity (Wildman–Crippen MR) is 105 cm³/mol. The van der Waals surface area contributed by atoms with Crippen LogP contribution in [0.3, 0.4) is 0 Å². The van der Waals surface area contributed by atoms with E-state index in [4.69, 9.17) is 0 Å². The van der Waals surface area contributed by atoms with E-state index in [2.05, 4.69) is 21.8 Å². The van der Waals surface area contributed by atoms with Crippen molar-refractivity contribution in [3.05, 3.63) is 59.8 Å². The molecule has 2 aromatic rings. The Morgan fingerprint density at radius 1 is 1.43 bits per heavy atom. The van der Waals surface area contributed by atoms with Gasteiger partial charge in [-0.1, -0.05) is 6.08 Å². The van der Waals surface area contributed by atoms with E-state index in [0.717, 1.165) is 17.1 Å². The second kappa shape index (κ2) is 7.38. The largest absolute Gasteiger partial charge is 0.354 e. The SMILES string of the molecule is C=N/C=C(\C=C/C)N1Cc2cn(-c3ccc(N4CC[C@@H](F)C4)nc3)nc2C1=O. The van der Waals surface area contributed by atoms with Gasteiger partial charge in [0.2, 0.25) is 0 Å². The molecule has 0 N–H and O–H groups in total. The number of hydrogen-bond donors (Lipinski definition) is 0. The average Bonchev–Trinajstić information content (AvgIpc) is 3.38. The summed E-state index contributed by atoms with van der Waals surface area (Å²) >= 11 is 0. The average molecular weight is 380 g/mol. The van der Waals surface area contributed by atoms with Crippen molar-refractivity contribution in [1.29, 1.82) is 0 Å². The molecule has 1 saturated heterocycles. The number of hydrogen-bond acceptors (Lipinski definition) is 5. The van der Waals surface area contributed by atoms with Crippen molar-refractivity contribution in [3.8, 4) is 5.69 Å². The highest BCUT2D eigenvalue weighted by Crippen LogP contribution is 2.27. The van der Waals surface area contributed by atoms with Crippen LogP contribution in [0.25, 0.3) is 5.69 Å². The molecular formula is C20H21FN6O. The third-order valence-electron chi connectivity index (χ3n) is 4.89. The van der Waals surface area contributed by atoms with Crippen LogP contribution in [0.4, 0.5) is 10.2 Å². The van der Waals surface area contributed by atoms with E-state index in [0.29, 0.717) is 37.4 Å². The molecule has 0 bridgehead atoms. The second-order valence-electron chi connectivity index (χ2n) is 6.78. The zero-order valence-corrected chi connectivity index (χ0v) is 15.6. The van der Waals surface area contributed by atoms with Gasteiger partial charge in [-0.2, -0.15) is 5.10 Å². The molecule has 4 heterocycles. The first-order valence-electron chi connectivity index (χ1n) is 9.15. The van der Waals surface area contributed by atoms with Gasteiger partial charge in [-0.25, -0.2) is 14.1 Å². The fraction of sp³-hybridized carbons (Fsp3) is 0.300. The third-order valence-corrected chi connectivity index (χ3v) is 4.89. The van der Waals surface area contributed by atoms with Crippen LogP contribution in [0, 0.1) is 0 Å². The van der Waals surface area contributed by atoms with Crippen LogP contribution in [-0.2, 0) is 6.54 Å². The lowest BCUT2D eigenvalue weighted by molar-refractivity contribution is 0.0824. The number of allylic oxidation sites excluding steroid dienone is 2. The summed E-state index contributed by atoms with van der Waals surface area (Å²) in [6, 6.07) is 3.74. The number of aromatic nitrogens is 3. The summed E-state index contributed by atoms with van der Waals surface area (Å²) in [5.74, 6) is 0.585. The first kappa shape index (κ1) is 18.1. The van der Waals surface area contributed by atoms with Gasteiger partial charge < -0.3 is 9.80 Å². The topological polar surface area (TPSA) is 66.6 Å². The van der Waals surface area contributed by atoms with Crippen molar-refractivity contribution in [2.24, 2.45) is 4.99 Å². The summed E-state index contributed by atoms with van der Waals surface area (Å²) in [5, 5.41) is 4.45. The molecule has 28 heavy (non-hydrogen) atoms. The minimum atomic E-state index is -0.790. The molecule has 1 atom stereocenters. The molecule has 2 aliphatic rings. The maximum absolute atomic E-state index is 13.4. The molecule has 4 rings (SSSR count). The van der Waals surface area contributed by atoms with Crippen molar-refractivity contribution in [2.75, 3.05) is 18.0 Å². The lowest BCUT2D eigenvalue weighted by Crippen LogP contribution is -2.23. The Labute approximate surface area is 162 Å². The van der Waals surface area contributed by atoms with Crippen LogP contribution in [-0.4, -0.2) is 51.6 Å². The van der Waals surface area contributed by atoms with Gasteiger partial charge in [0.05, 0.1) is 30.7 Å². The molecule has 0 aromatic carbocycles. The minimum absolute atomic E-state index is 0.169. The van der Waals surface area contributed by atoms with E-state index in [9.17, 15) is 9.18 Å². The van der Waals surface area contributed by atoms with E-state index >= 15 is 0 Å². The normalized spacial score (nSPS) is 19.7. The van der Waals surface area contributed by atoms with Gasteiger partial charge in [0.15, 0.2) is 5.69 Å². The number of carbonyl (C=O) groups is 1. The smallest absolute Gasteiger partial charge is 0.279 e. The van der Waals surface area contributed by atoms with Crippen LogP contribution >= 0.6 is 0 Å². The number of pyridine rings is 1.